The van der Waals surface area contributed by atoms with Crippen LogP contribution in [0.1, 0.15) is 78.6 Å². The van der Waals surface area contributed by atoms with Crippen molar-refractivity contribution in [1.82, 2.24) is 0 Å². The maximum atomic E-state index is 11.9. The van der Waals surface area contributed by atoms with Gasteiger partial charge in [-0.2, -0.15) is 0 Å². The van der Waals surface area contributed by atoms with Crippen LogP contribution in [-0.2, 0) is 4.79 Å². The van der Waals surface area contributed by atoms with Crippen molar-refractivity contribution in [2.45, 2.75) is 84.2 Å². The van der Waals surface area contributed by atoms with Crippen LogP contribution in [-0.4, -0.2) is 16.5 Å². The molecule has 8 atom stereocenters. The molecule has 4 aliphatic rings. The third-order valence-electron chi connectivity index (χ3n) is 9.02. The molecular formula is C21H34O2. The van der Waals surface area contributed by atoms with Crippen LogP contribution in [0.2, 0.25) is 0 Å². The molecule has 2 nitrogen and oxygen atoms in total. The van der Waals surface area contributed by atoms with E-state index in [1.807, 2.05) is 0 Å². The minimum Gasteiger partial charge on any atom is -0.389 e. The van der Waals surface area contributed by atoms with Gasteiger partial charge in [0.1, 0.15) is 5.78 Å². The molecule has 2 heteroatoms. The molecule has 130 valence electrons. The number of carbonyl (C=O) groups is 1. The molecule has 4 rings (SSSR count). The molecule has 23 heavy (non-hydrogen) atoms. The van der Waals surface area contributed by atoms with Gasteiger partial charge in [-0.25, -0.2) is 0 Å². The van der Waals surface area contributed by atoms with Crippen LogP contribution >= 0.6 is 0 Å². The molecule has 0 radical (unpaired) electrons. The normalized spacial score (nSPS) is 55.9. The quantitative estimate of drug-likeness (QED) is 0.767. The van der Waals surface area contributed by atoms with Gasteiger partial charge in [-0.3, -0.25) is 4.79 Å². The second-order valence-corrected chi connectivity index (χ2v) is 9.65. The van der Waals surface area contributed by atoms with Crippen LogP contribution in [0.5, 0.6) is 0 Å². The van der Waals surface area contributed by atoms with Crippen LogP contribution in [0, 0.1) is 40.9 Å². The van der Waals surface area contributed by atoms with Crippen LogP contribution in [0.25, 0.3) is 0 Å². The van der Waals surface area contributed by atoms with Crippen molar-refractivity contribution in [2.75, 3.05) is 0 Å². The molecule has 1 N–H and O–H groups in total. The first-order valence-electron chi connectivity index (χ1n) is 10.1. The van der Waals surface area contributed by atoms with Gasteiger partial charge in [0.2, 0.25) is 0 Å². The van der Waals surface area contributed by atoms with Gasteiger partial charge in [-0.1, -0.05) is 20.8 Å². The van der Waals surface area contributed by atoms with Crippen molar-refractivity contribution in [3.8, 4) is 0 Å². The van der Waals surface area contributed by atoms with E-state index in [1.54, 1.807) is 0 Å². The zero-order valence-corrected chi connectivity index (χ0v) is 15.2. The molecule has 0 bridgehead atoms. The first-order valence-corrected chi connectivity index (χ1v) is 10.1. The van der Waals surface area contributed by atoms with E-state index in [1.165, 1.54) is 25.7 Å². The van der Waals surface area contributed by atoms with E-state index in [0.29, 0.717) is 17.6 Å². The fourth-order valence-electron chi connectivity index (χ4n) is 7.80. The molecule has 4 saturated carbocycles. The molecule has 0 spiro atoms. The van der Waals surface area contributed by atoms with Crippen LogP contribution in [0.4, 0.5) is 0 Å². The Balaban J connectivity index is 1.64. The van der Waals surface area contributed by atoms with Crippen molar-refractivity contribution in [1.29, 1.82) is 0 Å². The summed E-state index contributed by atoms with van der Waals surface area (Å²) in [6, 6.07) is 0. The van der Waals surface area contributed by atoms with Crippen LogP contribution < -0.4 is 0 Å². The Morgan fingerprint density at radius 3 is 2.70 bits per heavy atom. The van der Waals surface area contributed by atoms with Crippen molar-refractivity contribution in [3.05, 3.63) is 0 Å². The third-order valence-corrected chi connectivity index (χ3v) is 9.02. The predicted molar refractivity (Wildman–Crippen MR) is 91.9 cm³/mol. The Morgan fingerprint density at radius 2 is 1.96 bits per heavy atom. The topological polar surface area (TPSA) is 37.3 Å². The molecular weight excluding hydrogens is 284 g/mol. The van der Waals surface area contributed by atoms with E-state index >= 15 is 0 Å². The summed E-state index contributed by atoms with van der Waals surface area (Å²) < 4.78 is 0. The number of ketones is 1. The summed E-state index contributed by atoms with van der Waals surface area (Å²) in [5.41, 5.74) is -0.295. The van der Waals surface area contributed by atoms with Gasteiger partial charge >= 0.3 is 0 Å². The lowest BCUT2D eigenvalue weighted by Gasteiger charge is -2.59. The van der Waals surface area contributed by atoms with Gasteiger partial charge in [-0.05, 0) is 85.9 Å². The van der Waals surface area contributed by atoms with Crippen molar-refractivity contribution in [3.63, 3.8) is 0 Å². The summed E-state index contributed by atoms with van der Waals surface area (Å²) in [7, 11) is 0. The molecule has 0 aromatic heterocycles. The average molecular weight is 319 g/mol. The summed E-state index contributed by atoms with van der Waals surface area (Å²) in [4.78, 5) is 11.9. The highest BCUT2D eigenvalue weighted by molar-refractivity contribution is 5.79. The second-order valence-electron chi connectivity index (χ2n) is 9.65. The summed E-state index contributed by atoms with van der Waals surface area (Å²) in [5.74, 6) is 5.05. The minimum atomic E-state index is -0.429. The molecule has 4 fully saturated rings. The Hall–Kier alpha value is -0.370. The SMILES string of the molecule is CC[C@@]1(O)CC[C@@H]2[C@H]3[C@@H](CC[C@@]21C)[C@H]1CCC(=O)CC1C[C@@H]3C. The molecule has 0 saturated heterocycles. The monoisotopic (exact) mass is 318 g/mol. The van der Waals surface area contributed by atoms with Crippen molar-refractivity contribution < 1.29 is 9.90 Å². The van der Waals surface area contributed by atoms with Crippen LogP contribution in [0.3, 0.4) is 0 Å². The smallest absolute Gasteiger partial charge is 0.133 e. The molecule has 0 aromatic rings. The molecule has 0 aromatic carbocycles. The van der Waals surface area contributed by atoms with E-state index in [0.717, 1.165) is 55.8 Å². The zero-order chi connectivity index (χ0) is 16.4. The Labute approximate surface area is 141 Å². The molecule has 0 amide bonds. The number of carbonyl (C=O) groups excluding carboxylic acids is 1. The molecule has 0 aliphatic heterocycles. The Morgan fingerprint density at radius 1 is 1.17 bits per heavy atom. The van der Waals surface area contributed by atoms with Gasteiger partial charge in [0.05, 0.1) is 5.60 Å². The number of hydrogen-bond donors (Lipinski definition) is 1. The number of Topliss-reactive ketones (excluding diaryl/α,β-unsaturated/α-hetero) is 1. The van der Waals surface area contributed by atoms with Crippen molar-refractivity contribution >= 4 is 5.78 Å². The number of fused-ring (bicyclic) bond motifs is 5. The second kappa shape index (κ2) is 5.31. The summed E-state index contributed by atoms with van der Waals surface area (Å²) in [5, 5.41) is 11.3. The maximum Gasteiger partial charge on any atom is 0.133 e. The minimum absolute atomic E-state index is 0.133. The number of rotatable bonds is 1. The number of hydrogen-bond acceptors (Lipinski definition) is 2. The summed E-state index contributed by atoms with van der Waals surface area (Å²) in [6.07, 6.45) is 9.74. The highest BCUT2D eigenvalue weighted by atomic mass is 16.3. The van der Waals surface area contributed by atoms with E-state index in [4.69, 9.17) is 0 Å². The number of aliphatic hydroxyl groups is 1. The van der Waals surface area contributed by atoms with Gasteiger partial charge in [0.25, 0.3) is 0 Å². The predicted octanol–water partition coefficient (Wildman–Crippen LogP) is 4.60. The lowest BCUT2D eigenvalue weighted by Crippen LogP contribution is -2.55. The van der Waals surface area contributed by atoms with Gasteiger partial charge in [0, 0.05) is 12.8 Å². The lowest BCUT2D eigenvalue weighted by atomic mass is 9.47. The highest BCUT2D eigenvalue weighted by Gasteiger charge is 2.63. The highest BCUT2D eigenvalue weighted by Crippen LogP contribution is 2.66. The zero-order valence-electron chi connectivity index (χ0n) is 15.2. The summed E-state index contributed by atoms with van der Waals surface area (Å²) >= 11 is 0. The van der Waals surface area contributed by atoms with Gasteiger partial charge < -0.3 is 5.11 Å². The van der Waals surface area contributed by atoms with E-state index in [2.05, 4.69) is 20.8 Å². The first-order chi connectivity index (χ1) is 10.9. The lowest BCUT2D eigenvalue weighted by molar-refractivity contribution is -0.148. The van der Waals surface area contributed by atoms with Gasteiger partial charge in [-0.15, -0.1) is 0 Å². The van der Waals surface area contributed by atoms with E-state index < -0.39 is 5.60 Å². The molecule has 4 aliphatic carbocycles. The molecule has 0 heterocycles. The average Bonchev–Trinajstić information content (AvgIpc) is 2.79. The maximum absolute atomic E-state index is 11.9. The van der Waals surface area contributed by atoms with E-state index in [-0.39, 0.29) is 5.41 Å². The molecule has 1 unspecified atom stereocenters. The Kier molecular flexibility index (Phi) is 3.72. The third kappa shape index (κ3) is 2.12. The van der Waals surface area contributed by atoms with Crippen molar-refractivity contribution in [2.24, 2.45) is 40.9 Å². The Bertz CT molecular complexity index is 500. The summed E-state index contributed by atoms with van der Waals surface area (Å²) in [6.45, 7) is 7.02. The largest absolute Gasteiger partial charge is 0.389 e. The standard InChI is InChI=1S/C21H34O2/c1-4-21(23)10-8-18-19-13(2)11-14-12-15(22)5-6-16(14)17(19)7-9-20(18,21)3/h13-14,16-19,23H,4-12H2,1-3H3/t13-,14?,16-,17-,18+,19+,20-,21+/m0/s1. The van der Waals surface area contributed by atoms with E-state index in [9.17, 15) is 9.90 Å². The fourth-order valence-corrected chi connectivity index (χ4v) is 7.80. The first kappa shape index (κ1) is 16.1. The fraction of sp³-hybridized carbons (Fsp3) is 0.952. The van der Waals surface area contributed by atoms with Gasteiger partial charge in [0.15, 0.2) is 0 Å². The van der Waals surface area contributed by atoms with Crippen LogP contribution in [0.15, 0.2) is 0 Å².